The zero-order chi connectivity index (χ0) is 21.0. The van der Waals surface area contributed by atoms with E-state index in [-0.39, 0.29) is 16.8 Å². The van der Waals surface area contributed by atoms with Gasteiger partial charge in [-0.05, 0) is 61.7 Å². The average molecular weight is 409 g/mol. The number of hydrogen-bond donors (Lipinski definition) is 2. The number of hydrogen-bond acceptors (Lipinski definition) is 3. The molecule has 0 spiro atoms. The van der Waals surface area contributed by atoms with Gasteiger partial charge in [0, 0.05) is 5.56 Å². The molecule has 0 fully saturated rings. The van der Waals surface area contributed by atoms with Gasteiger partial charge in [0.05, 0.1) is 16.6 Å². The van der Waals surface area contributed by atoms with Crippen LogP contribution < -0.4 is 10.0 Å². The summed E-state index contributed by atoms with van der Waals surface area (Å²) < 4.78 is 27.8. The van der Waals surface area contributed by atoms with E-state index in [1.807, 2.05) is 38.1 Å². The molecule has 150 valence electrons. The van der Waals surface area contributed by atoms with Crippen molar-refractivity contribution < 1.29 is 13.2 Å². The Morgan fingerprint density at radius 1 is 0.862 bits per heavy atom. The van der Waals surface area contributed by atoms with Crippen LogP contribution in [0.15, 0.2) is 77.7 Å². The lowest BCUT2D eigenvalue weighted by Gasteiger charge is -2.17. The quantitative estimate of drug-likeness (QED) is 0.626. The highest BCUT2D eigenvalue weighted by atomic mass is 32.2. The van der Waals surface area contributed by atoms with Crippen LogP contribution in [0.2, 0.25) is 0 Å². The molecule has 0 heterocycles. The Balaban J connectivity index is 1.81. The van der Waals surface area contributed by atoms with Crippen LogP contribution in [0.5, 0.6) is 0 Å². The summed E-state index contributed by atoms with van der Waals surface area (Å²) in [4.78, 5) is 12.9. The van der Waals surface area contributed by atoms with E-state index in [0.717, 1.165) is 16.7 Å². The second-order valence-electron chi connectivity index (χ2n) is 7.00. The molecule has 3 rings (SSSR count). The zero-order valence-electron chi connectivity index (χ0n) is 16.6. The third-order valence-electron chi connectivity index (χ3n) is 4.80. The Kier molecular flexibility index (Phi) is 6.03. The van der Waals surface area contributed by atoms with E-state index in [0.29, 0.717) is 11.3 Å². The average Bonchev–Trinajstić information content (AvgIpc) is 2.70. The summed E-state index contributed by atoms with van der Waals surface area (Å²) in [5.41, 5.74) is 3.64. The van der Waals surface area contributed by atoms with Gasteiger partial charge in [0.2, 0.25) is 0 Å². The van der Waals surface area contributed by atoms with Crippen LogP contribution in [0.4, 0.5) is 5.69 Å². The van der Waals surface area contributed by atoms with Crippen molar-refractivity contribution >= 4 is 21.6 Å². The second-order valence-corrected chi connectivity index (χ2v) is 8.68. The number of nitrogens with one attached hydrogen (secondary N) is 2. The zero-order valence-corrected chi connectivity index (χ0v) is 17.5. The second kappa shape index (κ2) is 8.49. The number of sulfonamides is 1. The predicted molar refractivity (Wildman–Crippen MR) is 115 cm³/mol. The fraction of sp³-hybridized carbons (Fsp3) is 0.174. The van der Waals surface area contributed by atoms with Gasteiger partial charge < -0.3 is 5.32 Å². The molecule has 3 aromatic rings. The molecule has 0 unspecified atom stereocenters. The van der Waals surface area contributed by atoms with Crippen LogP contribution in [0.3, 0.4) is 0 Å². The van der Waals surface area contributed by atoms with Gasteiger partial charge in [-0.3, -0.25) is 9.52 Å². The molecule has 0 aromatic heterocycles. The maximum absolute atomic E-state index is 12.8. The van der Waals surface area contributed by atoms with Gasteiger partial charge in [0.15, 0.2) is 0 Å². The largest absolute Gasteiger partial charge is 0.346 e. The molecule has 0 aliphatic carbocycles. The van der Waals surface area contributed by atoms with E-state index in [2.05, 4.69) is 10.0 Å². The topological polar surface area (TPSA) is 75.3 Å². The van der Waals surface area contributed by atoms with Crippen molar-refractivity contribution in [2.45, 2.75) is 31.7 Å². The molecule has 6 heteroatoms. The smallest absolute Gasteiger partial charge is 0.261 e. The van der Waals surface area contributed by atoms with E-state index in [4.69, 9.17) is 0 Å². The van der Waals surface area contributed by atoms with Crippen LogP contribution in [-0.2, 0) is 10.0 Å². The molecular weight excluding hydrogens is 384 g/mol. The van der Waals surface area contributed by atoms with E-state index in [1.165, 1.54) is 12.1 Å². The van der Waals surface area contributed by atoms with Crippen LogP contribution >= 0.6 is 0 Å². The lowest BCUT2D eigenvalue weighted by atomic mass is 10.0. The van der Waals surface area contributed by atoms with Gasteiger partial charge >= 0.3 is 0 Å². The highest BCUT2D eigenvalue weighted by Crippen LogP contribution is 2.22. The number of carbonyl (C=O) groups excluding carboxylic acids is 1. The molecule has 1 amide bonds. The number of aryl methyl sites for hydroxylation is 2. The number of benzene rings is 3. The molecule has 0 radical (unpaired) electrons. The lowest BCUT2D eigenvalue weighted by molar-refractivity contribution is 0.0940. The van der Waals surface area contributed by atoms with Crippen molar-refractivity contribution in [3.05, 3.63) is 95.1 Å². The van der Waals surface area contributed by atoms with Crippen molar-refractivity contribution in [2.75, 3.05) is 4.72 Å². The molecule has 0 aliphatic heterocycles. The minimum absolute atomic E-state index is 0.169. The summed E-state index contributed by atoms with van der Waals surface area (Å²) in [6.45, 7) is 5.72. The molecule has 0 saturated carbocycles. The van der Waals surface area contributed by atoms with Gasteiger partial charge in [-0.15, -0.1) is 0 Å². The van der Waals surface area contributed by atoms with Crippen LogP contribution in [0.25, 0.3) is 0 Å². The van der Waals surface area contributed by atoms with E-state index in [9.17, 15) is 13.2 Å². The summed E-state index contributed by atoms with van der Waals surface area (Å²) in [6.07, 6.45) is 0. The van der Waals surface area contributed by atoms with Crippen molar-refractivity contribution in [1.29, 1.82) is 0 Å². The first-order valence-corrected chi connectivity index (χ1v) is 10.8. The summed E-state index contributed by atoms with van der Waals surface area (Å²) in [5, 5.41) is 2.98. The van der Waals surface area contributed by atoms with Gasteiger partial charge in [0.1, 0.15) is 0 Å². The van der Waals surface area contributed by atoms with Crippen molar-refractivity contribution in [3.63, 3.8) is 0 Å². The highest BCUT2D eigenvalue weighted by Gasteiger charge is 2.17. The first kappa shape index (κ1) is 20.6. The Labute approximate surface area is 171 Å². The summed E-state index contributed by atoms with van der Waals surface area (Å²) in [6, 6.07) is 20.8. The molecule has 29 heavy (non-hydrogen) atoms. The molecule has 0 saturated heterocycles. The standard InChI is InChI=1S/C23H24N2O3S/c1-16-9-7-8-12-21(16)18(3)24-23(26)19-14-13-17(2)22(15-19)25-29(27,28)20-10-5-4-6-11-20/h4-15,18,25H,1-3H3,(H,24,26)/t18-/m1/s1. The lowest BCUT2D eigenvalue weighted by Crippen LogP contribution is -2.27. The Hall–Kier alpha value is -3.12. The van der Waals surface area contributed by atoms with Crippen LogP contribution in [0.1, 0.15) is 40.0 Å². The molecule has 0 bridgehead atoms. The Morgan fingerprint density at radius 3 is 2.21 bits per heavy atom. The van der Waals surface area contributed by atoms with Crippen molar-refractivity contribution in [1.82, 2.24) is 5.32 Å². The van der Waals surface area contributed by atoms with Crippen LogP contribution in [0, 0.1) is 13.8 Å². The minimum Gasteiger partial charge on any atom is -0.346 e. The third-order valence-corrected chi connectivity index (χ3v) is 6.18. The predicted octanol–water partition coefficient (Wildman–Crippen LogP) is 4.60. The molecule has 3 aromatic carbocycles. The normalized spacial score (nSPS) is 12.2. The molecule has 2 N–H and O–H groups in total. The van der Waals surface area contributed by atoms with Crippen molar-refractivity contribution in [2.24, 2.45) is 0 Å². The van der Waals surface area contributed by atoms with Crippen molar-refractivity contribution in [3.8, 4) is 0 Å². The summed E-state index contributed by atoms with van der Waals surface area (Å²) >= 11 is 0. The Morgan fingerprint density at radius 2 is 1.52 bits per heavy atom. The third kappa shape index (κ3) is 4.84. The maximum Gasteiger partial charge on any atom is 0.261 e. The first-order valence-electron chi connectivity index (χ1n) is 9.33. The van der Waals surface area contributed by atoms with E-state index in [1.54, 1.807) is 43.3 Å². The Bertz CT molecular complexity index is 1130. The fourth-order valence-electron chi connectivity index (χ4n) is 3.11. The number of rotatable bonds is 6. The summed E-state index contributed by atoms with van der Waals surface area (Å²) in [5.74, 6) is -0.263. The van der Waals surface area contributed by atoms with Gasteiger partial charge in [-0.2, -0.15) is 0 Å². The SMILES string of the molecule is Cc1ccc(C(=O)N[C@H](C)c2ccccc2C)cc1NS(=O)(=O)c1ccccc1. The summed E-state index contributed by atoms with van der Waals surface area (Å²) in [7, 11) is -3.73. The minimum atomic E-state index is -3.73. The molecule has 1 atom stereocenters. The highest BCUT2D eigenvalue weighted by molar-refractivity contribution is 7.92. The van der Waals surface area contributed by atoms with E-state index >= 15 is 0 Å². The van der Waals surface area contributed by atoms with Gasteiger partial charge in [0.25, 0.3) is 15.9 Å². The maximum atomic E-state index is 12.8. The number of amides is 1. The van der Waals surface area contributed by atoms with Gasteiger partial charge in [-0.25, -0.2) is 8.42 Å². The number of anilines is 1. The molecule has 5 nitrogen and oxygen atoms in total. The van der Waals surface area contributed by atoms with E-state index < -0.39 is 10.0 Å². The first-order chi connectivity index (χ1) is 13.8. The number of carbonyl (C=O) groups is 1. The molecular formula is C23H24N2O3S. The van der Waals surface area contributed by atoms with Gasteiger partial charge in [-0.1, -0.05) is 48.5 Å². The fourth-order valence-corrected chi connectivity index (χ4v) is 4.25. The molecule has 0 aliphatic rings. The monoisotopic (exact) mass is 408 g/mol. The van der Waals surface area contributed by atoms with Crippen LogP contribution in [-0.4, -0.2) is 14.3 Å².